The van der Waals surface area contributed by atoms with E-state index in [-0.39, 0.29) is 30.1 Å². The molecule has 1 aliphatic heterocycles. The average Bonchev–Trinajstić information content (AvgIpc) is 3.35. The van der Waals surface area contributed by atoms with E-state index in [1.807, 2.05) is 31.2 Å². The summed E-state index contributed by atoms with van der Waals surface area (Å²) >= 11 is 1.29. The summed E-state index contributed by atoms with van der Waals surface area (Å²) in [6.07, 6.45) is 0.0956. The zero-order valence-corrected chi connectivity index (χ0v) is 18.8. The van der Waals surface area contributed by atoms with Crippen LogP contribution in [0.1, 0.15) is 43.9 Å². The Hall–Kier alpha value is -3.85. The molecular formula is C24H21N3O5S. The van der Waals surface area contributed by atoms with Gasteiger partial charge in [0.15, 0.2) is 0 Å². The number of hydrogen-bond acceptors (Lipinski definition) is 7. The van der Waals surface area contributed by atoms with Crippen molar-refractivity contribution in [2.45, 2.75) is 32.9 Å². The highest BCUT2D eigenvalue weighted by molar-refractivity contribution is 7.09. The molecule has 3 amide bonds. The van der Waals surface area contributed by atoms with Crippen LogP contribution >= 0.6 is 11.3 Å². The van der Waals surface area contributed by atoms with E-state index in [1.165, 1.54) is 18.3 Å². The fourth-order valence-corrected chi connectivity index (χ4v) is 4.25. The van der Waals surface area contributed by atoms with Crippen molar-refractivity contribution in [1.29, 1.82) is 0 Å². The molecule has 0 fully saturated rings. The number of imide groups is 1. The number of para-hydroxylation sites is 1. The van der Waals surface area contributed by atoms with Crippen LogP contribution in [0.4, 0.5) is 5.69 Å². The third-order valence-corrected chi connectivity index (χ3v) is 6.14. The predicted octanol–water partition coefficient (Wildman–Crippen LogP) is 3.36. The Balaban J connectivity index is 1.31. The van der Waals surface area contributed by atoms with E-state index < -0.39 is 23.8 Å². The van der Waals surface area contributed by atoms with Gasteiger partial charge in [0, 0.05) is 11.1 Å². The lowest BCUT2D eigenvalue weighted by molar-refractivity contribution is -0.149. The molecule has 33 heavy (non-hydrogen) atoms. The molecule has 4 rings (SSSR count). The van der Waals surface area contributed by atoms with Crippen LogP contribution in [0.2, 0.25) is 0 Å². The number of aromatic nitrogens is 1. The summed E-state index contributed by atoms with van der Waals surface area (Å²) < 4.78 is 5.29. The number of rotatable bonds is 7. The minimum Gasteiger partial charge on any atom is -0.458 e. The van der Waals surface area contributed by atoms with Gasteiger partial charge in [-0.05, 0) is 37.6 Å². The van der Waals surface area contributed by atoms with Gasteiger partial charge in [-0.3, -0.25) is 19.3 Å². The topological polar surface area (TPSA) is 106 Å². The standard InChI is InChI=1S/C24H21N3O5S/c1-14-7-3-6-10-19(14)26-20(28)11-21-25-16(13-33-21)12-32-24(31)15(2)27-22(29)17-8-4-5-9-18(17)23(27)30/h3-10,13,15H,11-12H2,1-2H3,(H,26,28)/t15-/m0/s1. The van der Waals surface area contributed by atoms with Crippen molar-refractivity contribution in [3.63, 3.8) is 0 Å². The Kier molecular flexibility index (Phi) is 6.32. The van der Waals surface area contributed by atoms with Crippen molar-refractivity contribution in [3.8, 4) is 0 Å². The van der Waals surface area contributed by atoms with Crippen molar-refractivity contribution in [3.05, 3.63) is 81.3 Å². The number of carbonyl (C=O) groups is 4. The molecule has 8 nitrogen and oxygen atoms in total. The van der Waals surface area contributed by atoms with E-state index >= 15 is 0 Å². The number of hydrogen-bond donors (Lipinski definition) is 1. The van der Waals surface area contributed by atoms with Crippen molar-refractivity contribution in [1.82, 2.24) is 9.88 Å². The van der Waals surface area contributed by atoms with Gasteiger partial charge in [-0.1, -0.05) is 30.3 Å². The van der Waals surface area contributed by atoms with Crippen LogP contribution in [0, 0.1) is 6.92 Å². The molecule has 0 unspecified atom stereocenters. The molecule has 0 spiro atoms. The van der Waals surface area contributed by atoms with Crippen LogP contribution in [0.15, 0.2) is 53.9 Å². The summed E-state index contributed by atoms with van der Waals surface area (Å²) in [4.78, 5) is 55.1. The lowest BCUT2D eigenvalue weighted by Gasteiger charge is -2.20. The molecule has 2 aromatic carbocycles. The van der Waals surface area contributed by atoms with E-state index in [9.17, 15) is 19.2 Å². The van der Waals surface area contributed by atoms with Crippen LogP contribution in [0.3, 0.4) is 0 Å². The van der Waals surface area contributed by atoms with Gasteiger partial charge in [0.25, 0.3) is 11.8 Å². The van der Waals surface area contributed by atoms with Crippen molar-refractivity contribution in [2.75, 3.05) is 5.32 Å². The highest BCUT2D eigenvalue weighted by Crippen LogP contribution is 2.25. The number of nitrogens with zero attached hydrogens (tertiary/aromatic N) is 2. The second-order valence-electron chi connectivity index (χ2n) is 7.58. The summed E-state index contributed by atoms with van der Waals surface area (Å²) in [7, 11) is 0. The van der Waals surface area contributed by atoms with E-state index in [4.69, 9.17) is 4.74 Å². The lowest BCUT2D eigenvalue weighted by atomic mass is 10.1. The molecule has 0 aliphatic carbocycles. The number of anilines is 1. The van der Waals surface area contributed by atoms with Crippen LogP contribution in [-0.2, 0) is 27.4 Å². The van der Waals surface area contributed by atoms with E-state index in [0.717, 1.165) is 16.2 Å². The van der Waals surface area contributed by atoms with Crippen LogP contribution < -0.4 is 5.32 Å². The first-order valence-corrected chi connectivity index (χ1v) is 11.2. The van der Waals surface area contributed by atoms with Gasteiger partial charge in [0.1, 0.15) is 17.7 Å². The SMILES string of the molecule is Cc1ccccc1NC(=O)Cc1nc(COC(=O)[C@H](C)N2C(=O)c3ccccc3C2=O)cs1. The first-order valence-electron chi connectivity index (χ1n) is 10.3. The van der Waals surface area contributed by atoms with Gasteiger partial charge in [-0.15, -0.1) is 11.3 Å². The Labute approximate surface area is 194 Å². The number of nitrogens with one attached hydrogen (secondary N) is 1. The minimum atomic E-state index is -1.07. The zero-order chi connectivity index (χ0) is 23.5. The van der Waals surface area contributed by atoms with Gasteiger partial charge >= 0.3 is 5.97 Å². The molecule has 168 valence electrons. The highest BCUT2D eigenvalue weighted by Gasteiger charge is 2.41. The van der Waals surface area contributed by atoms with Gasteiger partial charge < -0.3 is 10.1 Å². The third-order valence-electron chi connectivity index (χ3n) is 5.25. The average molecular weight is 464 g/mol. The Bertz CT molecular complexity index is 1220. The quantitative estimate of drug-likeness (QED) is 0.425. The van der Waals surface area contributed by atoms with Gasteiger partial charge in [-0.2, -0.15) is 0 Å². The Morgan fingerprint density at radius 1 is 1.06 bits per heavy atom. The predicted molar refractivity (Wildman–Crippen MR) is 122 cm³/mol. The van der Waals surface area contributed by atoms with Crippen LogP contribution in [-0.4, -0.2) is 39.6 Å². The molecule has 0 bridgehead atoms. The second-order valence-corrected chi connectivity index (χ2v) is 8.52. The summed E-state index contributed by atoms with van der Waals surface area (Å²) in [5, 5.41) is 5.14. The van der Waals surface area contributed by atoms with Crippen molar-refractivity contribution < 1.29 is 23.9 Å². The van der Waals surface area contributed by atoms with E-state index in [0.29, 0.717) is 10.7 Å². The zero-order valence-electron chi connectivity index (χ0n) is 18.0. The van der Waals surface area contributed by atoms with Crippen LogP contribution in [0.25, 0.3) is 0 Å². The molecular weight excluding hydrogens is 442 g/mol. The monoisotopic (exact) mass is 463 g/mol. The minimum absolute atomic E-state index is 0.0956. The van der Waals surface area contributed by atoms with E-state index in [1.54, 1.807) is 29.6 Å². The van der Waals surface area contributed by atoms with Gasteiger partial charge in [0.05, 0.1) is 23.2 Å². The molecule has 0 saturated heterocycles. The lowest BCUT2D eigenvalue weighted by Crippen LogP contribution is -2.43. The fraction of sp³-hybridized carbons (Fsp3) is 0.208. The maximum absolute atomic E-state index is 12.5. The third kappa shape index (κ3) is 4.68. The van der Waals surface area contributed by atoms with Crippen molar-refractivity contribution in [2.24, 2.45) is 0 Å². The number of thiazole rings is 1. The summed E-state index contributed by atoms with van der Waals surface area (Å²) in [6.45, 7) is 3.24. The van der Waals surface area contributed by atoms with Crippen LogP contribution in [0.5, 0.6) is 0 Å². The molecule has 0 radical (unpaired) electrons. The Morgan fingerprint density at radius 2 is 1.70 bits per heavy atom. The number of amides is 3. The second kappa shape index (κ2) is 9.33. The summed E-state index contributed by atoms with van der Waals surface area (Å²) in [6, 6.07) is 12.9. The smallest absolute Gasteiger partial charge is 0.329 e. The number of ether oxygens (including phenoxy) is 1. The van der Waals surface area contributed by atoms with E-state index in [2.05, 4.69) is 10.3 Å². The number of benzene rings is 2. The van der Waals surface area contributed by atoms with Crippen molar-refractivity contribution >= 4 is 40.7 Å². The molecule has 1 aliphatic rings. The van der Waals surface area contributed by atoms with Gasteiger partial charge in [0.2, 0.25) is 5.91 Å². The maximum atomic E-state index is 12.5. The summed E-state index contributed by atoms with van der Waals surface area (Å²) in [5.74, 6) is -1.94. The first-order chi connectivity index (χ1) is 15.8. The normalized spacial score (nSPS) is 13.6. The number of fused-ring (bicyclic) bond motifs is 1. The number of esters is 1. The number of carbonyl (C=O) groups excluding carboxylic acids is 4. The fourth-order valence-electron chi connectivity index (χ4n) is 3.47. The molecule has 1 N–H and O–H groups in total. The molecule has 1 aromatic heterocycles. The first kappa shape index (κ1) is 22.3. The highest BCUT2D eigenvalue weighted by atomic mass is 32.1. The molecule has 9 heteroatoms. The summed E-state index contributed by atoms with van der Waals surface area (Å²) in [5.41, 5.74) is 2.74. The Morgan fingerprint density at radius 3 is 2.36 bits per heavy atom. The largest absolute Gasteiger partial charge is 0.458 e. The van der Waals surface area contributed by atoms with Gasteiger partial charge in [-0.25, -0.2) is 9.78 Å². The number of aryl methyl sites for hydroxylation is 1. The molecule has 0 saturated carbocycles. The molecule has 2 heterocycles. The maximum Gasteiger partial charge on any atom is 0.329 e. The molecule has 1 atom stereocenters. The molecule has 3 aromatic rings.